The first-order chi connectivity index (χ1) is 16.9. The Morgan fingerprint density at radius 2 is 1.81 bits per heavy atom. The number of carboxylic acid groups (broad SMARTS) is 1. The van der Waals surface area contributed by atoms with Crippen LogP contribution < -0.4 is 5.73 Å². The van der Waals surface area contributed by atoms with E-state index in [1.807, 2.05) is 0 Å². The van der Waals surface area contributed by atoms with Gasteiger partial charge in [0.2, 0.25) is 0 Å². The first-order valence-electron chi connectivity index (χ1n) is 14.9. The number of hydrogen-bond donors (Lipinski definition) is 4. The van der Waals surface area contributed by atoms with Crippen molar-refractivity contribution >= 4 is 18.6 Å². The summed E-state index contributed by atoms with van der Waals surface area (Å²) in [5.74, 6) is 5.02. The molecule has 4 nitrogen and oxygen atoms in total. The maximum Gasteiger partial charge on any atom is 0.320 e. The minimum Gasteiger partial charge on any atom is -0.480 e. The van der Waals surface area contributed by atoms with Gasteiger partial charge in [-0.25, -0.2) is 0 Å². The molecule has 4 aliphatic carbocycles. The number of rotatable bonds is 8. The molecule has 4 rings (SSSR count). The number of carbonyl (C=O) groups is 1. The van der Waals surface area contributed by atoms with Crippen molar-refractivity contribution in [3.63, 3.8) is 0 Å². The molecule has 0 bridgehead atoms. The molecule has 208 valence electrons. The normalized spacial score (nSPS) is 39.1. The molecule has 1 unspecified atom stereocenters. The second-order valence-electron chi connectivity index (χ2n) is 13.6. The summed E-state index contributed by atoms with van der Waals surface area (Å²) < 4.78 is 0. The molecular formula is C31H55NO3S. The van der Waals surface area contributed by atoms with Crippen molar-refractivity contribution in [3.8, 4) is 0 Å². The molecule has 0 heterocycles. The molecule has 4 aliphatic rings. The zero-order chi connectivity index (χ0) is 26.7. The van der Waals surface area contributed by atoms with Crippen LogP contribution in [-0.4, -0.2) is 34.1 Å². The van der Waals surface area contributed by atoms with E-state index in [9.17, 15) is 9.90 Å². The number of aliphatic hydroxyl groups excluding tert-OH is 1. The highest BCUT2D eigenvalue weighted by Crippen LogP contribution is 2.67. The third-order valence-electron chi connectivity index (χ3n) is 11.0. The fraction of sp³-hybridized carbons (Fsp3) is 0.903. The van der Waals surface area contributed by atoms with Gasteiger partial charge in [-0.1, -0.05) is 65.5 Å². The van der Waals surface area contributed by atoms with Crippen LogP contribution >= 0.6 is 12.6 Å². The van der Waals surface area contributed by atoms with Crippen LogP contribution in [0.15, 0.2) is 11.6 Å². The topological polar surface area (TPSA) is 83.5 Å². The number of nitrogens with two attached hydrogens (primary N) is 1. The van der Waals surface area contributed by atoms with Gasteiger partial charge in [-0.05, 0) is 110 Å². The lowest BCUT2D eigenvalue weighted by atomic mass is 9.47. The van der Waals surface area contributed by atoms with Crippen molar-refractivity contribution in [3.05, 3.63) is 11.6 Å². The molecule has 0 saturated heterocycles. The van der Waals surface area contributed by atoms with E-state index < -0.39 is 12.0 Å². The molecule has 0 amide bonds. The lowest BCUT2D eigenvalue weighted by molar-refractivity contribution is -0.138. The van der Waals surface area contributed by atoms with Crippen LogP contribution in [0.4, 0.5) is 0 Å². The Morgan fingerprint density at radius 3 is 2.42 bits per heavy atom. The fourth-order valence-electron chi connectivity index (χ4n) is 8.93. The third kappa shape index (κ3) is 6.37. The van der Waals surface area contributed by atoms with Gasteiger partial charge in [0.05, 0.1) is 6.10 Å². The van der Waals surface area contributed by atoms with Gasteiger partial charge in [-0.2, -0.15) is 12.6 Å². The molecular weight excluding hydrogens is 466 g/mol. The van der Waals surface area contributed by atoms with E-state index in [1.165, 1.54) is 57.8 Å². The van der Waals surface area contributed by atoms with Crippen LogP contribution in [0.2, 0.25) is 0 Å². The average molecular weight is 522 g/mol. The van der Waals surface area contributed by atoms with Gasteiger partial charge < -0.3 is 15.9 Å². The van der Waals surface area contributed by atoms with E-state index >= 15 is 0 Å². The van der Waals surface area contributed by atoms with Crippen LogP contribution in [0, 0.1) is 46.3 Å². The van der Waals surface area contributed by atoms with Gasteiger partial charge in [0.15, 0.2) is 0 Å². The monoisotopic (exact) mass is 521 g/mol. The highest BCUT2D eigenvalue weighted by Gasteiger charge is 2.59. The Balaban J connectivity index is 0.000000392. The van der Waals surface area contributed by atoms with Crippen LogP contribution in [-0.2, 0) is 4.79 Å². The van der Waals surface area contributed by atoms with Crippen molar-refractivity contribution in [2.45, 2.75) is 124 Å². The minimum absolute atomic E-state index is 0.0766. The Hall–Kier alpha value is -0.520. The molecule has 3 fully saturated rings. The molecule has 0 aromatic rings. The van der Waals surface area contributed by atoms with Gasteiger partial charge >= 0.3 is 5.97 Å². The van der Waals surface area contributed by atoms with E-state index in [2.05, 4.69) is 53.3 Å². The van der Waals surface area contributed by atoms with Crippen molar-refractivity contribution < 1.29 is 15.0 Å². The number of aliphatic carboxylic acids is 1. The molecule has 4 N–H and O–H groups in total. The molecule has 0 spiro atoms. The van der Waals surface area contributed by atoms with Crippen molar-refractivity contribution in [1.82, 2.24) is 0 Å². The Kier molecular flexibility index (Phi) is 10.5. The zero-order valence-electron chi connectivity index (χ0n) is 23.7. The number of aliphatic hydroxyl groups is 1. The molecule has 0 radical (unpaired) electrons. The van der Waals surface area contributed by atoms with Gasteiger partial charge in [-0.3, -0.25) is 4.79 Å². The second-order valence-corrected chi connectivity index (χ2v) is 14.1. The first kappa shape index (κ1) is 30.0. The number of carboxylic acids is 1. The molecule has 9 atom stereocenters. The van der Waals surface area contributed by atoms with E-state index in [-0.39, 0.29) is 6.10 Å². The summed E-state index contributed by atoms with van der Waals surface area (Å²) in [5.41, 5.74) is 7.68. The fourth-order valence-corrected chi connectivity index (χ4v) is 9.21. The first-order valence-corrected chi connectivity index (χ1v) is 15.5. The van der Waals surface area contributed by atoms with Crippen LogP contribution in [0.5, 0.6) is 0 Å². The second kappa shape index (κ2) is 12.6. The van der Waals surface area contributed by atoms with Gasteiger partial charge in [0, 0.05) is 0 Å². The van der Waals surface area contributed by atoms with Crippen LogP contribution in [0.1, 0.15) is 112 Å². The highest BCUT2D eigenvalue weighted by molar-refractivity contribution is 7.80. The van der Waals surface area contributed by atoms with Crippen molar-refractivity contribution in [2.75, 3.05) is 5.75 Å². The largest absolute Gasteiger partial charge is 0.480 e. The van der Waals surface area contributed by atoms with Crippen LogP contribution in [0.3, 0.4) is 0 Å². The van der Waals surface area contributed by atoms with Crippen molar-refractivity contribution in [2.24, 2.45) is 52.1 Å². The lowest BCUT2D eigenvalue weighted by Crippen LogP contribution is -2.50. The van der Waals surface area contributed by atoms with Gasteiger partial charge in [0.1, 0.15) is 6.04 Å². The summed E-state index contributed by atoms with van der Waals surface area (Å²) in [6.07, 6.45) is 17.6. The maximum atomic E-state index is 10.2. The number of allylic oxidation sites excluding steroid dienone is 1. The highest BCUT2D eigenvalue weighted by atomic mass is 32.1. The Bertz CT molecular complexity index is 769. The van der Waals surface area contributed by atoms with E-state index in [4.69, 9.17) is 10.8 Å². The molecule has 0 aromatic carbocycles. The summed E-state index contributed by atoms with van der Waals surface area (Å²) in [6, 6.07) is -0.743. The smallest absolute Gasteiger partial charge is 0.320 e. The number of fused-ring (bicyclic) bond motifs is 5. The van der Waals surface area contributed by atoms with E-state index in [0.717, 1.165) is 48.3 Å². The summed E-state index contributed by atoms with van der Waals surface area (Å²) >= 11 is 3.81. The van der Waals surface area contributed by atoms with Crippen molar-refractivity contribution in [1.29, 1.82) is 0 Å². The van der Waals surface area contributed by atoms with Gasteiger partial charge in [0.25, 0.3) is 0 Å². The summed E-state index contributed by atoms with van der Waals surface area (Å²) in [5, 5.41) is 18.4. The maximum absolute atomic E-state index is 10.2. The Labute approximate surface area is 226 Å². The number of hydrogen-bond acceptors (Lipinski definition) is 4. The summed E-state index contributed by atoms with van der Waals surface area (Å²) in [7, 11) is 0. The quantitative estimate of drug-likeness (QED) is 0.203. The zero-order valence-corrected chi connectivity index (χ0v) is 24.6. The lowest BCUT2D eigenvalue weighted by Gasteiger charge is -2.58. The standard InChI is InChI=1S/C27H46O.C4H9NO2S/c1-18(2)7-6-8-19(3)23-11-12-24-22-10-9-20-17-21(28)13-15-26(20,4)25(22)14-16-27(23,24)5;5-3(1-2-8)4(6)7/h9,18-19,21-25,28H,6-8,10-17H2,1-5H3;3,8H,1-2,5H2,(H,6,7)/t19-,21+,22+,23-,24+,25+,26+,27-;/m1./s1. The summed E-state index contributed by atoms with van der Waals surface area (Å²) in [6.45, 7) is 12.6. The molecule has 3 saturated carbocycles. The molecule has 36 heavy (non-hydrogen) atoms. The molecule has 0 aliphatic heterocycles. The summed E-state index contributed by atoms with van der Waals surface area (Å²) in [4.78, 5) is 9.93. The van der Waals surface area contributed by atoms with Crippen LogP contribution in [0.25, 0.3) is 0 Å². The molecule has 5 heteroatoms. The van der Waals surface area contributed by atoms with E-state index in [0.29, 0.717) is 23.0 Å². The third-order valence-corrected chi connectivity index (χ3v) is 11.3. The predicted molar refractivity (Wildman–Crippen MR) is 153 cm³/mol. The minimum atomic E-state index is -0.959. The van der Waals surface area contributed by atoms with E-state index in [1.54, 1.807) is 5.57 Å². The molecule has 0 aromatic heterocycles. The Morgan fingerprint density at radius 1 is 1.08 bits per heavy atom. The predicted octanol–water partition coefficient (Wildman–Crippen LogP) is 7.11. The average Bonchev–Trinajstić information content (AvgIpc) is 3.17. The SMILES string of the molecule is CC(C)CCC[C@@H](C)[C@H]1CC[C@H]2[C@@H]3CC=C4C[C@@H](O)CC[C@]4(C)[C@H]3CC[C@]12C.NC(CCS)C(=O)O. The van der Waals surface area contributed by atoms with Gasteiger partial charge in [-0.15, -0.1) is 0 Å². The number of thiol groups is 1.